The second-order valence-electron chi connectivity index (χ2n) is 7.54. The number of aryl methyl sites for hydroxylation is 1. The minimum Gasteiger partial charge on any atom is -0.507 e. The summed E-state index contributed by atoms with van der Waals surface area (Å²) in [6.45, 7) is 1.85. The van der Waals surface area contributed by atoms with Crippen molar-refractivity contribution in [1.29, 1.82) is 0 Å². The van der Waals surface area contributed by atoms with Gasteiger partial charge in [-0.1, -0.05) is 39.7 Å². The number of ether oxygens (including phenoxy) is 1. The fourth-order valence-corrected chi connectivity index (χ4v) is 4.21. The number of aromatic hydroxyl groups is 1. The molecule has 1 heterocycles. The Morgan fingerprint density at radius 2 is 1.76 bits per heavy atom. The second kappa shape index (κ2) is 8.92. The number of amides is 1. The van der Waals surface area contributed by atoms with Crippen molar-refractivity contribution in [2.24, 2.45) is 0 Å². The largest absolute Gasteiger partial charge is 0.507 e. The van der Waals surface area contributed by atoms with Crippen molar-refractivity contribution >= 4 is 50.7 Å². The molecule has 3 aromatic carbocycles. The molecule has 1 aliphatic rings. The van der Waals surface area contributed by atoms with Gasteiger partial charge < -0.3 is 14.9 Å². The molecule has 1 aliphatic heterocycles. The summed E-state index contributed by atoms with van der Waals surface area (Å²) in [4.78, 5) is 27.6. The highest BCUT2D eigenvalue weighted by molar-refractivity contribution is 9.10. The molecule has 0 aromatic heterocycles. The molecule has 6 nitrogen and oxygen atoms in total. The first-order valence-electron chi connectivity index (χ1n) is 9.93. The van der Waals surface area contributed by atoms with Gasteiger partial charge >= 0.3 is 0 Å². The number of rotatable bonds is 4. The van der Waals surface area contributed by atoms with Crippen molar-refractivity contribution in [1.82, 2.24) is 0 Å². The van der Waals surface area contributed by atoms with Crippen LogP contribution >= 0.6 is 27.5 Å². The minimum atomic E-state index is -0.980. The SMILES string of the molecule is COc1ccc(C2/C(=C(/O)c3ccc(Br)c(C)c3)C(=O)C(=O)N2c2ccc(Cl)cc2)cc1O. The lowest BCUT2D eigenvalue weighted by atomic mass is 9.94. The van der Waals surface area contributed by atoms with Gasteiger partial charge in [0.25, 0.3) is 11.7 Å². The predicted octanol–water partition coefficient (Wildman–Crippen LogP) is 5.75. The van der Waals surface area contributed by atoms with E-state index in [0.717, 1.165) is 10.0 Å². The van der Waals surface area contributed by atoms with E-state index in [1.807, 2.05) is 6.92 Å². The monoisotopic (exact) mass is 527 g/mol. The number of aliphatic hydroxyl groups is 1. The summed E-state index contributed by atoms with van der Waals surface area (Å²) in [6.07, 6.45) is 0. The van der Waals surface area contributed by atoms with E-state index in [9.17, 15) is 19.8 Å². The Morgan fingerprint density at radius 1 is 1.06 bits per heavy atom. The highest BCUT2D eigenvalue weighted by Gasteiger charge is 2.47. The molecule has 1 fully saturated rings. The van der Waals surface area contributed by atoms with Crippen LogP contribution in [0.4, 0.5) is 5.69 Å². The van der Waals surface area contributed by atoms with Gasteiger partial charge in [-0.2, -0.15) is 0 Å². The van der Waals surface area contributed by atoms with E-state index < -0.39 is 17.7 Å². The van der Waals surface area contributed by atoms with Crippen molar-refractivity contribution in [2.75, 3.05) is 12.0 Å². The highest BCUT2D eigenvalue weighted by atomic mass is 79.9. The minimum absolute atomic E-state index is 0.0822. The smallest absolute Gasteiger partial charge is 0.300 e. The van der Waals surface area contributed by atoms with Gasteiger partial charge in [-0.25, -0.2) is 0 Å². The molecule has 0 aliphatic carbocycles. The Balaban J connectivity index is 1.96. The third-order valence-electron chi connectivity index (χ3n) is 5.50. The van der Waals surface area contributed by atoms with Gasteiger partial charge in [0.1, 0.15) is 5.76 Å². The van der Waals surface area contributed by atoms with Crippen LogP contribution in [0.3, 0.4) is 0 Å². The average molecular weight is 529 g/mol. The van der Waals surface area contributed by atoms with Gasteiger partial charge in [-0.3, -0.25) is 14.5 Å². The molecule has 8 heteroatoms. The van der Waals surface area contributed by atoms with E-state index >= 15 is 0 Å². The Hall–Kier alpha value is -3.29. The molecule has 1 amide bonds. The van der Waals surface area contributed by atoms with E-state index in [2.05, 4.69) is 15.9 Å². The molecular formula is C25H19BrClNO5. The zero-order valence-corrected chi connectivity index (χ0v) is 20.0. The number of carbonyl (C=O) groups is 2. The molecule has 1 saturated heterocycles. The lowest BCUT2D eigenvalue weighted by molar-refractivity contribution is -0.132. The van der Waals surface area contributed by atoms with E-state index in [-0.39, 0.29) is 22.8 Å². The van der Waals surface area contributed by atoms with Crippen molar-refractivity contribution in [3.63, 3.8) is 0 Å². The fourth-order valence-electron chi connectivity index (χ4n) is 3.84. The Labute approximate surface area is 203 Å². The molecule has 4 rings (SSSR count). The molecule has 33 heavy (non-hydrogen) atoms. The maximum atomic E-state index is 13.2. The molecule has 1 unspecified atom stereocenters. The Morgan fingerprint density at radius 3 is 2.36 bits per heavy atom. The third kappa shape index (κ3) is 4.10. The first kappa shape index (κ1) is 22.9. The number of phenols is 1. The molecule has 0 saturated carbocycles. The van der Waals surface area contributed by atoms with Crippen molar-refractivity contribution < 1.29 is 24.5 Å². The number of halogens is 2. The fraction of sp³-hybridized carbons (Fsp3) is 0.120. The summed E-state index contributed by atoms with van der Waals surface area (Å²) in [7, 11) is 1.42. The van der Waals surface area contributed by atoms with Crippen LogP contribution in [0.25, 0.3) is 5.76 Å². The number of methoxy groups -OCH3 is 1. The van der Waals surface area contributed by atoms with Gasteiger partial charge in [0.05, 0.1) is 18.7 Å². The van der Waals surface area contributed by atoms with Gasteiger partial charge in [0.15, 0.2) is 11.5 Å². The number of phenolic OH excluding ortho intramolecular Hbond substituents is 1. The third-order valence-corrected chi connectivity index (χ3v) is 6.64. The number of benzene rings is 3. The molecular weight excluding hydrogens is 510 g/mol. The highest BCUT2D eigenvalue weighted by Crippen LogP contribution is 2.44. The standard InChI is InChI=1S/C25H19BrClNO5/c1-13-11-15(3-9-18(13)26)23(30)21-22(14-4-10-20(33-2)19(29)12-14)28(25(32)24(21)31)17-7-5-16(27)6-8-17/h3-12,22,29-30H,1-2H3/b23-21-. The second-order valence-corrected chi connectivity index (χ2v) is 8.83. The normalized spacial score (nSPS) is 17.5. The topological polar surface area (TPSA) is 87.1 Å². The maximum absolute atomic E-state index is 13.2. The van der Waals surface area contributed by atoms with Crippen molar-refractivity contribution in [2.45, 2.75) is 13.0 Å². The van der Waals surface area contributed by atoms with Crippen LogP contribution in [-0.4, -0.2) is 29.0 Å². The van der Waals surface area contributed by atoms with Crippen LogP contribution < -0.4 is 9.64 Å². The summed E-state index contributed by atoms with van der Waals surface area (Å²) in [5.41, 5.74) is 2.02. The lowest BCUT2D eigenvalue weighted by Crippen LogP contribution is -2.29. The summed E-state index contributed by atoms with van der Waals surface area (Å²) >= 11 is 9.43. The lowest BCUT2D eigenvalue weighted by Gasteiger charge is -2.26. The van der Waals surface area contributed by atoms with E-state index in [1.54, 1.807) is 48.5 Å². The van der Waals surface area contributed by atoms with Gasteiger partial charge in [0, 0.05) is 20.7 Å². The van der Waals surface area contributed by atoms with Crippen LogP contribution in [0, 0.1) is 6.92 Å². The number of carbonyl (C=O) groups excluding carboxylic acids is 2. The molecule has 0 radical (unpaired) electrons. The van der Waals surface area contributed by atoms with Crippen LogP contribution in [0.5, 0.6) is 11.5 Å². The number of hydrogen-bond acceptors (Lipinski definition) is 5. The maximum Gasteiger partial charge on any atom is 0.300 e. The molecule has 3 aromatic rings. The predicted molar refractivity (Wildman–Crippen MR) is 130 cm³/mol. The average Bonchev–Trinajstić information content (AvgIpc) is 3.06. The zero-order valence-electron chi connectivity index (χ0n) is 17.7. The van der Waals surface area contributed by atoms with E-state index in [1.165, 1.54) is 24.1 Å². The molecule has 2 N–H and O–H groups in total. The summed E-state index contributed by atoms with van der Waals surface area (Å²) in [5, 5.41) is 22.0. The van der Waals surface area contributed by atoms with Crippen LogP contribution in [-0.2, 0) is 9.59 Å². The Kier molecular flexibility index (Phi) is 6.19. The molecule has 168 valence electrons. The number of ketones is 1. The van der Waals surface area contributed by atoms with Gasteiger partial charge in [-0.15, -0.1) is 0 Å². The van der Waals surface area contributed by atoms with Gasteiger partial charge in [0.2, 0.25) is 0 Å². The summed E-state index contributed by atoms with van der Waals surface area (Å²) in [5.74, 6) is -1.85. The first-order chi connectivity index (χ1) is 15.7. The number of aliphatic hydroxyl groups excluding tert-OH is 1. The summed E-state index contributed by atoms with van der Waals surface area (Å²) in [6, 6.07) is 15.2. The number of hydrogen-bond donors (Lipinski definition) is 2. The van der Waals surface area contributed by atoms with Crippen LogP contribution in [0.1, 0.15) is 22.7 Å². The molecule has 0 bridgehead atoms. The van der Waals surface area contributed by atoms with Crippen molar-refractivity contribution in [3.05, 3.63) is 92.4 Å². The van der Waals surface area contributed by atoms with E-state index in [4.69, 9.17) is 16.3 Å². The quantitative estimate of drug-likeness (QED) is 0.256. The molecule has 0 spiro atoms. The zero-order chi connectivity index (χ0) is 23.9. The van der Waals surface area contributed by atoms with Crippen molar-refractivity contribution in [3.8, 4) is 11.5 Å². The number of Topliss-reactive ketones (excluding diaryl/α,β-unsaturated/α-hetero) is 1. The molecule has 1 atom stereocenters. The van der Waals surface area contributed by atoms with Gasteiger partial charge in [-0.05, 0) is 66.6 Å². The number of anilines is 1. The first-order valence-corrected chi connectivity index (χ1v) is 11.1. The van der Waals surface area contributed by atoms with Crippen LogP contribution in [0.2, 0.25) is 5.02 Å². The van der Waals surface area contributed by atoms with E-state index in [0.29, 0.717) is 21.8 Å². The summed E-state index contributed by atoms with van der Waals surface area (Å²) < 4.78 is 5.96. The Bertz CT molecular complexity index is 1300. The van der Waals surface area contributed by atoms with Crippen LogP contribution in [0.15, 0.2) is 70.7 Å². The number of nitrogens with zero attached hydrogens (tertiary/aromatic N) is 1.